The van der Waals surface area contributed by atoms with E-state index < -0.39 is 11.6 Å². The molecule has 9 heteroatoms. The smallest absolute Gasteiger partial charge is 0.407 e. The van der Waals surface area contributed by atoms with Gasteiger partial charge >= 0.3 is 6.09 Å². The first-order valence-corrected chi connectivity index (χ1v) is 10.5. The number of hydrogen-bond acceptors (Lipinski definition) is 6. The average molecular weight is 452 g/mol. The van der Waals surface area contributed by atoms with Crippen LogP contribution in [0.15, 0.2) is 67.3 Å². The van der Waals surface area contributed by atoms with Crippen molar-refractivity contribution in [2.24, 2.45) is 0 Å². The summed E-state index contributed by atoms with van der Waals surface area (Å²) in [7, 11) is 1.95. The molecule has 3 aromatic rings. The lowest BCUT2D eigenvalue weighted by Gasteiger charge is -2.21. The standard InChI is InChI=1S/C23H22ClN5O3/c1-29(20-5-3-2-4-19(20)24)17-8-6-16(7-9-17)12-27-21(30)23(10-11-23)28-22(31)32-18-13-25-15-26-14-18/h2-9,13-15H,10-12H2,1H3,(H,27,30)(H,28,31). The number of ether oxygens (including phenoxy) is 1. The minimum absolute atomic E-state index is 0.211. The van der Waals surface area contributed by atoms with Crippen molar-refractivity contribution in [1.82, 2.24) is 20.6 Å². The van der Waals surface area contributed by atoms with Gasteiger partial charge in [0.15, 0.2) is 5.75 Å². The zero-order valence-corrected chi connectivity index (χ0v) is 18.2. The molecule has 0 saturated heterocycles. The maximum atomic E-state index is 12.7. The molecule has 1 fully saturated rings. The third kappa shape index (κ3) is 4.97. The Morgan fingerprint density at radius 1 is 1.09 bits per heavy atom. The highest BCUT2D eigenvalue weighted by Crippen LogP contribution is 2.36. The van der Waals surface area contributed by atoms with E-state index in [1.54, 1.807) is 0 Å². The van der Waals surface area contributed by atoms with Gasteiger partial charge in [0, 0.05) is 19.3 Å². The summed E-state index contributed by atoms with van der Waals surface area (Å²) < 4.78 is 5.11. The summed E-state index contributed by atoms with van der Waals surface area (Å²) in [6.45, 7) is 0.347. The van der Waals surface area contributed by atoms with E-state index in [1.807, 2.05) is 60.5 Å². The van der Waals surface area contributed by atoms with Crippen LogP contribution in [0.25, 0.3) is 0 Å². The van der Waals surface area contributed by atoms with Crippen molar-refractivity contribution in [2.45, 2.75) is 24.9 Å². The van der Waals surface area contributed by atoms with E-state index in [9.17, 15) is 9.59 Å². The third-order valence-corrected chi connectivity index (χ3v) is 5.58. The van der Waals surface area contributed by atoms with Crippen LogP contribution in [0, 0.1) is 0 Å². The highest BCUT2D eigenvalue weighted by atomic mass is 35.5. The van der Waals surface area contributed by atoms with Gasteiger partial charge in [0.1, 0.15) is 11.9 Å². The number of nitrogens with zero attached hydrogens (tertiary/aromatic N) is 3. The molecule has 4 rings (SSSR count). The van der Waals surface area contributed by atoms with Crippen molar-refractivity contribution in [2.75, 3.05) is 11.9 Å². The number of hydrogen-bond donors (Lipinski definition) is 2. The molecule has 1 aliphatic carbocycles. The highest BCUT2D eigenvalue weighted by Gasteiger charge is 2.51. The molecular weight excluding hydrogens is 430 g/mol. The third-order valence-electron chi connectivity index (χ3n) is 5.26. The van der Waals surface area contributed by atoms with Crippen LogP contribution >= 0.6 is 11.6 Å². The maximum Gasteiger partial charge on any atom is 0.413 e. The molecule has 2 aromatic carbocycles. The molecule has 1 saturated carbocycles. The summed E-state index contributed by atoms with van der Waals surface area (Å²) >= 11 is 6.28. The van der Waals surface area contributed by atoms with E-state index in [2.05, 4.69) is 20.6 Å². The molecule has 1 aromatic heterocycles. The first-order valence-electron chi connectivity index (χ1n) is 10.1. The van der Waals surface area contributed by atoms with E-state index in [0.29, 0.717) is 24.4 Å². The number of benzene rings is 2. The second kappa shape index (κ2) is 9.23. The van der Waals surface area contributed by atoms with Crippen LogP contribution in [-0.2, 0) is 11.3 Å². The fourth-order valence-electron chi connectivity index (χ4n) is 3.25. The first-order chi connectivity index (χ1) is 15.5. The number of para-hydroxylation sites is 1. The largest absolute Gasteiger partial charge is 0.413 e. The summed E-state index contributed by atoms with van der Waals surface area (Å²) in [6.07, 6.45) is 4.49. The quantitative estimate of drug-likeness (QED) is 0.566. The van der Waals surface area contributed by atoms with Crippen molar-refractivity contribution in [3.8, 4) is 5.75 Å². The first kappa shape index (κ1) is 21.6. The molecule has 0 radical (unpaired) electrons. The predicted molar refractivity (Wildman–Crippen MR) is 121 cm³/mol. The fourth-order valence-corrected chi connectivity index (χ4v) is 3.51. The lowest BCUT2D eigenvalue weighted by molar-refractivity contribution is -0.124. The van der Waals surface area contributed by atoms with E-state index in [1.165, 1.54) is 18.7 Å². The topological polar surface area (TPSA) is 96.5 Å². The molecule has 8 nitrogen and oxygen atoms in total. The summed E-state index contributed by atoms with van der Waals surface area (Å²) in [5.41, 5.74) is 1.89. The number of amides is 2. The zero-order valence-electron chi connectivity index (χ0n) is 17.4. The van der Waals surface area contributed by atoms with Gasteiger partial charge in [-0.3, -0.25) is 4.79 Å². The van der Waals surface area contributed by atoms with E-state index in [4.69, 9.17) is 16.3 Å². The Morgan fingerprint density at radius 3 is 2.44 bits per heavy atom. The van der Waals surface area contributed by atoms with E-state index >= 15 is 0 Å². The summed E-state index contributed by atoms with van der Waals surface area (Å²) in [4.78, 5) is 34.3. The normalized spacial score (nSPS) is 13.7. The minimum Gasteiger partial charge on any atom is -0.407 e. The number of rotatable bonds is 7. The Morgan fingerprint density at radius 2 is 1.78 bits per heavy atom. The van der Waals surface area contributed by atoms with Crippen LogP contribution in [0.1, 0.15) is 18.4 Å². The molecule has 0 spiro atoms. The number of anilines is 2. The van der Waals surface area contributed by atoms with Crippen molar-refractivity contribution in [3.63, 3.8) is 0 Å². The van der Waals surface area contributed by atoms with Crippen LogP contribution in [0.5, 0.6) is 5.75 Å². The summed E-state index contributed by atoms with van der Waals surface area (Å²) in [5.74, 6) is -0.0286. The highest BCUT2D eigenvalue weighted by molar-refractivity contribution is 6.33. The molecule has 0 atom stereocenters. The van der Waals surface area contributed by atoms with Crippen LogP contribution in [0.2, 0.25) is 5.02 Å². The summed E-state index contributed by atoms with van der Waals surface area (Å²) in [6, 6.07) is 15.5. The van der Waals surface area contributed by atoms with Crippen molar-refractivity contribution < 1.29 is 14.3 Å². The van der Waals surface area contributed by atoms with Gasteiger partial charge in [0.2, 0.25) is 5.91 Å². The second-order valence-electron chi connectivity index (χ2n) is 7.53. The second-order valence-corrected chi connectivity index (χ2v) is 7.94. The lowest BCUT2D eigenvalue weighted by Crippen LogP contribution is -2.49. The van der Waals surface area contributed by atoms with Gasteiger partial charge in [-0.15, -0.1) is 0 Å². The van der Waals surface area contributed by atoms with Crippen molar-refractivity contribution in [1.29, 1.82) is 0 Å². The molecule has 32 heavy (non-hydrogen) atoms. The molecule has 0 bridgehead atoms. The Kier molecular flexibility index (Phi) is 6.23. The van der Waals surface area contributed by atoms with Gasteiger partial charge in [0.25, 0.3) is 0 Å². The molecular formula is C23H22ClN5O3. The minimum atomic E-state index is -0.934. The number of carbonyl (C=O) groups excluding carboxylic acids is 2. The number of nitrogens with one attached hydrogen (secondary N) is 2. The van der Waals surface area contributed by atoms with Gasteiger partial charge in [-0.1, -0.05) is 35.9 Å². The summed E-state index contributed by atoms with van der Waals surface area (Å²) in [5, 5.41) is 6.22. The predicted octanol–water partition coefficient (Wildman–Crippen LogP) is 3.84. The molecule has 0 aliphatic heterocycles. The SMILES string of the molecule is CN(c1ccc(CNC(=O)C2(NC(=O)Oc3cncnc3)CC2)cc1)c1ccccc1Cl. The average Bonchev–Trinajstić information content (AvgIpc) is 3.59. The fraction of sp³-hybridized carbons (Fsp3) is 0.217. The van der Waals surface area contributed by atoms with E-state index in [-0.39, 0.29) is 11.7 Å². The van der Waals surface area contributed by atoms with Crippen LogP contribution < -0.4 is 20.3 Å². The molecule has 2 amide bonds. The van der Waals surface area contributed by atoms with Crippen molar-refractivity contribution >= 4 is 35.0 Å². The molecule has 1 heterocycles. The monoisotopic (exact) mass is 451 g/mol. The van der Waals surface area contributed by atoms with Crippen LogP contribution in [-0.4, -0.2) is 34.6 Å². The van der Waals surface area contributed by atoms with Gasteiger partial charge in [0.05, 0.1) is 23.1 Å². The van der Waals surface area contributed by atoms with E-state index in [0.717, 1.165) is 16.9 Å². The number of carbonyl (C=O) groups is 2. The molecule has 1 aliphatic rings. The van der Waals surface area contributed by atoms with Gasteiger partial charge in [-0.25, -0.2) is 14.8 Å². The van der Waals surface area contributed by atoms with Gasteiger partial charge in [-0.05, 0) is 42.7 Å². The molecule has 2 N–H and O–H groups in total. The maximum absolute atomic E-state index is 12.7. The Labute approximate surface area is 190 Å². The van der Waals surface area contributed by atoms with Gasteiger partial charge in [-0.2, -0.15) is 0 Å². The molecule has 164 valence electrons. The Hall–Kier alpha value is -3.65. The Bertz CT molecular complexity index is 1100. The number of halogens is 1. The molecule has 0 unspecified atom stereocenters. The van der Waals surface area contributed by atoms with Crippen LogP contribution in [0.4, 0.5) is 16.2 Å². The van der Waals surface area contributed by atoms with Gasteiger partial charge < -0.3 is 20.3 Å². The lowest BCUT2D eigenvalue weighted by atomic mass is 10.1. The number of aromatic nitrogens is 2. The zero-order chi connectivity index (χ0) is 22.6. The van der Waals surface area contributed by atoms with Crippen molar-refractivity contribution in [3.05, 3.63) is 77.8 Å². The Balaban J connectivity index is 1.31. The van der Waals surface area contributed by atoms with Crippen LogP contribution in [0.3, 0.4) is 0 Å².